The van der Waals surface area contributed by atoms with E-state index in [1.807, 2.05) is 44.2 Å². The number of para-hydroxylation sites is 1. The Morgan fingerprint density at radius 2 is 1.71 bits per heavy atom. The maximum atomic E-state index is 13.3. The molecule has 0 aliphatic heterocycles. The summed E-state index contributed by atoms with van der Waals surface area (Å²) in [5.41, 5.74) is 1.31. The van der Waals surface area contributed by atoms with Gasteiger partial charge in [0.1, 0.15) is 5.75 Å². The Balaban J connectivity index is 1.72. The molecule has 0 aliphatic carbocycles. The van der Waals surface area contributed by atoms with Gasteiger partial charge in [0, 0.05) is 30.2 Å². The van der Waals surface area contributed by atoms with E-state index in [-0.39, 0.29) is 4.90 Å². The van der Waals surface area contributed by atoms with Crippen molar-refractivity contribution in [3.63, 3.8) is 0 Å². The third-order valence-corrected chi connectivity index (χ3v) is 7.31. The number of methoxy groups -OCH3 is 1. The minimum Gasteiger partial charge on any atom is -0.496 e. The molecule has 0 radical (unpaired) electrons. The highest BCUT2D eigenvalue weighted by Gasteiger charge is 2.36. The molecule has 0 aliphatic rings. The van der Waals surface area contributed by atoms with Crippen LogP contribution in [0, 0.1) is 0 Å². The average Bonchev–Trinajstić information content (AvgIpc) is 2.87. The van der Waals surface area contributed by atoms with E-state index in [0.29, 0.717) is 30.8 Å². The molecule has 0 spiro atoms. The van der Waals surface area contributed by atoms with Crippen molar-refractivity contribution in [3.8, 4) is 5.75 Å². The molecule has 3 aromatic rings. The monoisotopic (exact) mass is 482 g/mol. The van der Waals surface area contributed by atoms with Crippen LogP contribution in [0.5, 0.6) is 5.75 Å². The molecule has 8 nitrogen and oxygen atoms in total. The molecular formula is C25H30N4O4S. The Kier molecular flexibility index (Phi) is 8.25. The van der Waals surface area contributed by atoms with Gasteiger partial charge >= 0.3 is 6.03 Å². The number of ether oxygens (including phenoxy) is 1. The number of rotatable bonds is 10. The molecule has 0 saturated carbocycles. The first kappa shape index (κ1) is 25.2. The minimum atomic E-state index is -3.85. The number of carbonyl (C=O) groups excluding carboxylic acids is 1. The summed E-state index contributed by atoms with van der Waals surface area (Å²) < 4.78 is 34.9. The van der Waals surface area contributed by atoms with Crippen LogP contribution in [0.25, 0.3) is 0 Å². The molecule has 0 bridgehead atoms. The highest BCUT2D eigenvalue weighted by atomic mass is 32.2. The van der Waals surface area contributed by atoms with Gasteiger partial charge in [0.05, 0.1) is 17.5 Å². The van der Waals surface area contributed by atoms with Crippen molar-refractivity contribution in [1.82, 2.24) is 15.0 Å². The summed E-state index contributed by atoms with van der Waals surface area (Å²) in [6.45, 7) is 4.21. The molecule has 0 unspecified atom stereocenters. The van der Waals surface area contributed by atoms with Gasteiger partial charge in [-0.15, -0.1) is 0 Å². The first-order chi connectivity index (χ1) is 16.3. The Morgan fingerprint density at radius 3 is 2.32 bits per heavy atom. The van der Waals surface area contributed by atoms with Crippen LogP contribution in [0.15, 0.2) is 78.0 Å². The van der Waals surface area contributed by atoms with Gasteiger partial charge < -0.3 is 15.4 Å². The Labute approximate surface area is 200 Å². The molecule has 3 rings (SSSR count). The lowest BCUT2D eigenvalue weighted by Gasteiger charge is -2.34. The van der Waals surface area contributed by atoms with Crippen molar-refractivity contribution in [2.24, 2.45) is 0 Å². The lowest BCUT2D eigenvalue weighted by Crippen LogP contribution is -2.45. The summed E-state index contributed by atoms with van der Waals surface area (Å²) in [5.74, 6) is 0.630. The maximum absolute atomic E-state index is 13.3. The SMILES string of the molecule is CCC(CC)(NS(=O)(=O)c1ccc(NC(=O)NCc2cccnc2)cc1)c1ccccc1OC. The fraction of sp³-hybridized carbons (Fsp3) is 0.280. The number of hydrogen-bond donors (Lipinski definition) is 3. The Morgan fingerprint density at radius 1 is 1.00 bits per heavy atom. The van der Waals surface area contributed by atoms with Crippen molar-refractivity contribution in [3.05, 3.63) is 84.2 Å². The average molecular weight is 483 g/mol. The number of benzene rings is 2. The van der Waals surface area contributed by atoms with Gasteiger partial charge in [-0.05, 0) is 54.8 Å². The van der Waals surface area contributed by atoms with E-state index in [1.165, 1.54) is 12.1 Å². The molecular weight excluding hydrogens is 452 g/mol. The van der Waals surface area contributed by atoms with Crippen LogP contribution < -0.4 is 20.1 Å². The molecule has 34 heavy (non-hydrogen) atoms. The minimum absolute atomic E-state index is 0.106. The third-order valence-electron chi connectivity index (χ3n) is 5.76. The smallest absolute Gasteiger partial charge is 0.319 e. The molecule has 0 atom stereocenters. The zero-order valence-electron chi connectivity index (χ0n) is 19.5. The number of nitrogens with zero attached hydrogens (tertiary/aromatic N) is 1. The number of pyridine rings is 1. The highest BCUT2D eigenvalue weighted by molar-refractivity contribution is 7.89. The van der Waals surface area contributed by atoms with E-state index in [2.05, 4.69) is 20.3 Å². The predicted molar refractivity (Wildman–Crippen MR) is 132 cm³/mol. The number of urea groups is 1. The largest absolute Gasteiger partial charge is 0.496 e. The summed E-state index contributed by atoms with van der Waals surface area (Å²) in [7, 11) is -2.28. The van der Waals surface area contributed by atoms with Gasteiger partial charge in [0.15, 0.2) is 0 Å². The molecule has 9 heteroatoms. The number of aromatic nitrogens is 1. The second kappa shape index (κ2) is 11.1. The van der Waals surface area contributed by atoms with E-state index < -0.39 is 21.6 Å². The summed E-state index contributed by atoms with van der Waals surface area (Å²) in [4.78, 5) is 16.3. The second-order valence-electron chi connectivity index (χ2n) is 7.79. The van der Waals surface area contributed by atoms with Crippen LogP contribution in [0.2, 0.25) is 0 Å². The molecule has 1 heterocycles. The fourth-order valence-electron chi connectivity index (χ4n) is 3.76. The first-order valence-electron chi connectivity index (χ1n) is 11.0. The van der Waals surface area contributed by atoms with Crippen LogP contribution in [-0.4, -0.2) is 26.5 Å². The molecule has 0 fully saturated rings. The van der Waals surface area contributed by atoms with Gasteiger partial charge in [-0.1, -0.05) is 38.1 Å². The Bertz CT molecular complexity index is 1200. The number of amides is 2. The molecule has 2 amide bonds. The number of anilines is 1. The van der Waals surface area contributed by atoms with Crippen LogP contribution in [-0.2, 0) is 22.1 Å². The van der Waals surface area contributed by atoms with Crippen molar-refractivity contribution in [2.45, 2.75) is 43.7 Å². The van der Waals surface area contributed by atoms with Crippen molar-refractivity contribution in [2.75, 3.05) is 12.4 Å². The van der Waals surface area contributed by atoms with Gasteiger partial charge in [-0.2, -0.15) is 0 Å². The Hall–Kier alpha value is -3.43. The van der Waals surface area contributed by atoms with Gasteiger partial charge in [-0.25, -0.2) is 17.9 Å². The van der Waals surface area contributed by atoms with Crippen LogP contribution >= 0.6 is 0 Å². The van der Waals surface area contributed by atoms with Gasteiger partial charge in [0.2, 0.25) is 10.0 Å². The number of sulfonamides is 1. The second-order valence-corrected chi connectivity index (χ2v) is 9.47. The highest BCUT2D eigenvalue weighted by Crippen LogP contribution is 2.36. The molecule has 3 N–H and O–H groups in total. The quantitative estimate of drug-likeness (QED) is 0.397. The standard InChI is InChI=1S/C25H30N4O4S/c1-4-25(5-2,22-10-6-7-11-23(22)33-3)29-34(31,32)21-14-12-20(13-15-21)28-24(30)27-18-19-9-8-16-26-17-19/h6-17,29H,4-5,18H2,1-3H3,(H2,27,28,30). The zero-order chi connectivity index (χ0) is 24.6. The lowest BCUT2D eigenvalue weighted by atomic mass is 9.85. The number of nitrogens with one attached hydrogen (secondary N) is 3. The fourth-order valence-corrected chi connectivity index (χ4v) is 5.29. The van der Waals surface area contributed by atoms with Crippen molar-refractivity contribution >= 4 is 21.7 Å². The van der Waals surface area contributed by atoms with E-state index in [4.69, 9.17) is 4.74 Å². The summed E-state index contributed by atoms with van der Waals surface area (Å²) in [5, 5.41) is 5.44. The van der Waals surface area contributed by atoms with E-state index >= 15 is 0 Å². The van der Waals surface area contributed by atoms with Gasteiger partial charge in [-0.3, -0.25) is 4.98 Å². The summed E-state index contributed by atoms with van der Waals surface area (Å²) >= 11 is 0. The van der Waals surface area contributed by atoms with E-state index in [9.17, 15) is 13.2 Å². The number of hydrogen-bond acceptors (Lipinski definition) is 5. The zero-order valence-corrected chi connectivity index (χ0v) is 20.4. The van der Waals surface area contributed by atoms with E-state index in [0.717, 1.165) is 11.1 Å². The van der Waals surface area contributed by atoms with Crippen LogP contribution in [0.3, 0.4) is 0 Å². The maximum Gasteiger partial charge on any atom is 0.319 e. The van der Waals surface area contributed by atoms with Crippen molar-refractivity contribution < 1.29 is 17.9 Å². The molecule has 1 aromatic heterocycles. The first-order valence-corrected chi connectivity index (χ1v) is 12.5. The molecule has 2 aromatic carbocycles. The predicted octanol–water partition coefficient (Wildman–Crippen LogP) is 4.41. The third kappa shape index (κ3) is 5.92. The summed E-state index contributed by atoms with van der Waals surface area (Å²) in [6, 6.07) is 16.7. The molecule has 0 saturated heterocycles. The topological polar surface area (TPSA) is 109 Å². The van der Waals surface area contributed by atoms with Crippen LogP contribution in [0.1, 0.15) is 37.8 Å². The molecule has 180 valence electrons. The normalized spacial score (nSPS) is 11.6. The lowest BCUT2D eigenvalue weighted by molar-refractivity contribution is 0.251. The van der Waals surface area contributed by atoms with Gasteiger partial charge in [0.25, 0.3) is 0 Å². The number of carbonyl (C=O) groups is 1. The van der Waals surface area contributed by atoms with Crippen LogP contribution in [0.4, 0.5) is 10.5 Å². The van der Waals surface area contributed by atoms with E-state index in [1.54, 1.807) is 37.7 Å². The van der Waals surface area contributed by atoms with Crippen molar-refractivity contribution in [1.29, 1.82) is 0 Å². The summed E-state index contributed by atoms with van der Waals surface area (Å²) in [6.07, 6.45) is 4.42.